The highest BCUT2D eigenvalue weighted by Gasteiger charge is 2.33. The predicted molar refractivity (Wildman–Crippen MR) is 113 cm³/mol. The Morgan fingerprint density at radius 2 is 2.04 bits per heavy atom. The standard InChI is InChI=1S/C23H25NO3S/c1-2-27-19-11-5-4-10-18(19)22(24-13-7-9-17(15-24)23(25)26)21-14-16-8-3-6-12-20(16)28-21/h3-6,8,10-12,14,17,22H,2,7,9,13,15H2,1H3,(H,25,26). The van der Waals surface area contributed by atoms with Crippen molar-refractivity contribution in [3.05, 3.63) is 65.0 Å². The van der Waals surface area contributed by atoms with Crippen LogP contribution in [0.5, 0.6) is 5.75 Å². The molecule has 2 heterocycles. The zero-order chi connectivity index (χ0) is 19.5. The Morgan fingerprint density at radius 3 is 2.82 bits per heavy atom. The van der Waals surface area contributed by atoms with Crippen LogP contribution >= 0.6 is 11.3 Å². The molecule has 146 valence electrons. The Kier molecular flexibility index (Phi) is 5.64. The molecule has 0 radical (unpaired) electrons. The number of benzene rings is 2. The maximum absolute atomic E-state index is 11.7. The highest BCUT2D eigenvalue weighted by molar-refractivity contribution is 7.19. The molecule has 0 aliphatic carbocycles. The summed E-state index contributed by atoms with van der Waals surface area (Å²) >= 11 is 1.79. The zero-order valence-corrected chi connectivity index (χ0v) is 16.8. The normalized spacial score (nSPS) is 18.8. The lowest BCUT2D eigenvalue weighted by Gasteiger charge is -2.37. The van der Waals surface area contributed by atoms with Gasteiger partial charge in [0.05, 0.1) is 18.6 Å². The van der Waals surface area contributed by atoms with E-state index in [0.29, 0.717) is 13.2 Å². The van der Waals surface area contributed by atoms with Crippen molar-refractivity contribution in [2.24, 2.45) is 5.92 Å². The summed E-state index contributed by atoms with van der Waals surface area (Å²) in [5, 5.41) is 10.8. The highest BCUT2D eigenvalue weighted by atomic mass is 32.1. The van der Waals surface area contributed by atoms with Crippen LogP contribution in [0.15, 0.2) is 54.6 Å². The number of piperidine rings is 1. The first kappa shape index (κ1) is 19.0. The quantitative estimate of drug-likeness (QED) is 0.624. The fourth-order valence-electron chi connectivity index (χ4n) is 4.10. The minimum Gasteiger partial charge on any atom is -0.494 e. The largest absolute Gasteiger partial charge is 0.494 e. The number of carboxylic acids is 1. The van der Waals surface area contributed by atoms with E-state index in [1.54, 1.807) is 11.3 Å². The van der Waals surface area contributed by atoms with Crippen molar-refractivity contribution in [2.45, 2.75) is 25.8 Å². The molecule has 2 atom stereocenters. The van der Waals surface area contributed by atoms with E-state index in [1.807, 2.05) is 25.1 Å². The van der Waals surface area contributed by atoms with Crippen LogP contribution in [0.25, 0.3) is 10.1 Å². The number of aliphatic carboxylic acids is 1. The number of fused-ring (bicyclic) bond motifs is 1. The molecule has 4 nitrogen and oxygen atoms in total. The van der Waals surface area contributed by atoms with Crippen molar-refractivity contribution in [1.29, 1.82) is 0 Å². The van der Waals surface area contributed by atoms with Gasteiger partial charge in [0.1, 0.15) is 5.75 Å². The summed E-state index contributed by atoms with van der Waals surface area (Å²) in [6.07, 6.45) is 1.65. The third kappa shape index (κ3) is 3.77. The number of thiophene rings is 1. The summed E-state index contributed by atoms with van der Waals surface area (Å²) in [5.41, 5.74) is 1.11. The van der Waals surface area contributed by atoms with E-state index in [0.717, 1.165) is 30.7 Å². The highest BCUT2D eigenvalue weighted by Crippen LogP contribution is 2.41. The Morgan fingerprint density at radius 1 is 1.25 bits per heavy atom. The van der Waals surface area contributed by atoms with Crippen LogP contribution in [0.3, 0.4) is 0 Å². The molecule has 0 bridgehead atoms. The fraction of sp³-hybridized carbons (Fsp3) is 0.348. The topological polar surface area (TPSA) is 49.8 Å². The van der Waals surface area contributed by atoms with Gasteiger partial charge in [-0.05, 0) is 49.9 Å². The Hall–Kier alpha value is -2.37. The molecule has 1 aromatic heterocycles. The summed E-state index contributed by atoms with van der Waals surface area (Å²) in [4.78, 5) is 15.2. The van der Waals surface area contributed by atoms with Gasteiger partial charge < -0.3 is 9.84 Å². The van der Waals surface area contributed by atoms with Crippen LogP contribution in [0, 0.1) is 5.92 Å². The number of hydrogen-bond acceptors (Lipinski definition) is 4. The molecule has 1 N–H and O–H groups in total. The van der Waals surface area contributed by atoms with Crippen LogP contribution in [0.4, 0.5) is 0 Å². The lowest BCUT2D eigenvalue weighted by atomic mass is 9.93. The second-order valence-corrected chi connectivity index (χ2v) is 8.35. The molecule has 1 aliphatic heterocycles. The van der Waals surface area contributed by atoms with E-state index in [4.69, 9.17) is 4.74 Å². The van der Waals surface area contributed by atoms with Crippen molar-refractivity contribution in [3.63, 3.8) is 0 Å². The molecule has 2 unspecified atom stereocenters. The molecule has 0 spiro atoms. The van der Waals surface area contributed by atoms with Gasteiger partial charge in [-0.3, -0.25) is 9.69 Å². The summed E-state index contributed by atoms with van der Waals surface area (Å²) in [6.45, 7) is 4.05. The minimum atomic E-state index is -0.696. The second kappa shape index (κ2) is 8.33. The number of carboxylic acid groups (broad SMARTS) is 1. The molecule has 5 heteroatoms. The minimum absolute atomic E-state index is 0.00213. The van der Waals surface area contributed by atoms with E-state index < -0.39 is 5.97 Å². The summed E-state index contributed by atoms with van der Waals surface area (Å²) in [7, 11) is 0. The van der Waals surface area contributed by atoms with E-state index in [9.17, 15) is 9.90 Å². The van der Waals surface area contributed by atoms with Gasteiger partial charge in [0, 0.05) is 21.7 Å². The lowest BCUT2D eigenvalue weighted by molar-refractivity contribution is -0.143. The first-order valence-electron chi connectivity index (χ1n) is 9.84. The average molecular weight is 396 g/mol. The molecule has 3 aromatic rings. The smallest absolute Gasteiger partial charge is 0.307 e. The third-order valence-electron chi connectivity index (χ3n) is 5.39. The Bertz CT molecular complexity index is 934. The van der Waals surface area contributed by atoms with Gasteiger partial charge in [0.25, 0.3) is 0 Å². The van der Waals surface area contributed by atoms with Gasteiger partial charge >= 0.3 is 5.97 Å². The van der Waals surface area contributed by atoms with Gasteiger partial charge in [0.15, 0.2) is 0 Å². The van der Waals surface area contributed by atoms with Crippen LogP contribution in [-0.2, 0) is 4.79 Å². The molecule has 2 aromatic carbocycles. The van der Waals surface area contributed by atoms with Crippen molar-refractivity contribution in [3.8, 4) is 5.75 Å². The van der Waals surface area contributed by atoms with E-state index in [1.165, 1.54) is 15.0 Å². The summed E-state index contributed by atoms with van der Waals surface area (Å²) in [6, 6.07) is 18.8. The number of rotatable bonds is 6. The molecule has 28 heavy (non-hydrogen) atoms. The fourth-order valence-corrected chi connectivity index (χ4v) is 5.32. The predicted octanol–water partition coefficient (Wildman–Crippen LogP) is 5.19. The molecule has 1 fully saturated rings. The van der Waals surface area contributed by atoms with Crippen LogP contribution in [0.2, 0.25) is 0 Å². The van der Waals surface area contributed by atoms with Gasteiger partial charge in [-0.1, -0.05) is 36.4 Å². The van der Waals surface area contributed by atoms with Crippen LogP contribution in [-0.4, -0.2) is 35.7 Å². The van der Waals surface area contributed by atoms with Gasteiger partial charge in [-0.15, -0.1) is 11.3 Å². The number of hydrogen-bond donors (Lipinski definition) is 1. The first-order valence-corrected chi connectivity index (χ1v) is 10.7. The van der Waals surface area contributed by atoms with E-state index in [2.05, 4.69) is 41.3 Å². The summed E-state index contributed by atoms with van der Waals surface area (Å²) < 4.78 is 7.19. The molecular formula is C23H25NO3S. The van der Waals surface area contributed by atoms with Crippen molar-refractivity contribution >= 4 is 27.4 Å². The van der Waals surface area contributed by atoms with Gasteiger partial charge in [-0.25, -0.2) is 0 Å². The van der Waals surface area contributed by atoms with Crippen LogP contribution in [0.1, 0.15) is 36.2 Å². The van der Waals surface area contributed by atoms with E-state index in [-0.39, 0.29) is 12.0 Å². The number of para-hydroxylation sites is 1. The molecule has 0 saturated carbocycles. The van der Waals surface area contributed by atoms with Crippen molar-refractivity contribution < 1.29 is 14.6 Å². The first-order chi connectivity index (χ1) is 13.7. The second-order valence-electron chi connectivity index (χ2n) is 7.23. The Labute approximate surface area is 169 Å². The average Bonchev–Trinajstić information content (AvgIpc) is 3.13. The monoisotopic (exact) mass is 395 g/mol. The number of carbonyl (C=O) groups is 1. The number of nitrogens with zero attached hydrogens (tertiary/aromatic N) is 1. The third-order valence-corrected chi connectivity index (χ3v) is 6.56. The maximum Gasteiger partial charge on any atom is 0.307 e. The Balaban J connectivity index is 1.80. The lowest BCUT2D eigenvalue weighted by Crippen LogP contribution is -2.41. The van der Waals surface area contributed by atoms with E-state index >= 15 is 0 Å². The maximum atomic E-state index is 11.7. The number of likely N-dealkylation sites (tertiary alicyclic amines) is 1. The molecule has 4 rings (SSSR count). The molecule has 1 aliphatic rings. The van der Waals surface area contributed by atoms with Crippen LogP contribution < -0.4 is 4.74 Å². The van der Waals surface area contributed by atoms with Gasteiger partial charge in [0.2, 0.25) is 0 Å². The summed E-state index contributed by atoms with van der Waals surface area (Å²) in [5.74, 6) is -0.132. The molecule has 1 saturated heterocycles. The zero-order valence-electron chi connectivity index (χ0n) is 16.0. The SMILES string of the molecule is CCOc1ccccc1C(c1cc2ccccc2s1)N1CCCC(C(=O)O)C1. The molecular weight excluding hydrogens is 370 g/mol. The van der Waals surface area contributed by atoms with Crippen molar-refractivity contribution in [2.75, 3.05) is 19.7 Å². The van der Waals surface area contributed by atoms with Gasteiger partial charge in [-0.2, -0.15) is 0 Å². The molecule has 0 amide bonds. The number of ether oxygens (including phenoxy) is 1. The van der Waals surface area contributed by atoms with Crippen molar-refractivity contribution in [1.82, 2.24) is 4.90 Å².